The molecular formula is C26H38N2O4. The van der Waals surface area contributed by atoms with E-state index in [9.17, 15) is 9.59 Å². The van der Waals surface area contributed by atoms with E-state index in [1.807, 2.05) is 26.8 Å². The number of ether oxygens (including phenoxy) is 2. The van der Waals surface area contributed by atoms with Crippen LogP contribution in [0.3, 0.4) is 0 Å². The minimum atomic E-state index is -0.599. The molecule has 1 aliphatic heterocycles. The lowest BCUT2D eigenvalue weighted by molar-refractivity contribution is -0.115. The van der Waals surface area contributed by atoms with Gasteiger partial charge in [0.15, 0.2) is 0 Å². The first-order valence-electron chi connectivity index (χ1n) is 12.0. The van der Waals surface area contributed by atoms with E-state index in [0.717, 1.165) is 43.5 Å². The molecule has 0 saturated heterocycles. The second-order valence-corrected chi connectivity index (χ2v) is 9.84. The predicted molar refractivity (Wildman–Crippen MR) is 126 cm³/mol. The second kappa shape index (κ2) is 10.4. The Morgan fingerprint density at radius 1 is 1.25 bits per heavy atom. The van der Waals surface area contributed by atoms with Gasteiger partial charge in [0.05, 0.1) is 18.5 Å². The molecule has 1 aliphatic carbocycles. The number of rotatable bonds is 5. The van der Waals surface area contributed by atoms with E-state index in [-0.39, 0.29) is 12.0 Å². The molecule has 2 heterocycles. The van der Waals surface area contributed by atoms with Gasteiger partial charge in [-0.25, -0.2) is 9.36 Å². The van der Waals surface area contributed by atoms with Crippen LogP contribution in [0.25, 0.3) is 6.08 Å². The van der Waals surface area contributed by atoms with Gasteiger partial charge >= 0.3 is 6.09 Å². The smallest absolute Gasteiger partial charge is 0.419 e. The Kier molecular flexibility index (Phi) is 7.86. The van der Waals surface area contributed by atoms with Gasteiger partial charge < -0.3 is 14.8 Å². The van der Waals surface area contributed by atoms with Crippen LogP contribution in [0, 0.1) is 0 Å². The fourth-order valence-corrected chi connectivity index (χ4v) is 4.62. The van der Waals surface area contributed by atoms with E-state index in [1.165, 1.54) is 44.4 Å². The van der Waals surface area contributed by atoms with Crippen molar-refractivity contribution in [2.75, 3.05) is 7.11 Å². The lowest BCUT2D eigenvalue weighted by atomic mass is 9.89. The van der Waals surface area contributed by atoms with Gasteiger partial charge in [-0.3, -0.25) is 4.79 Å². The molecule has 0 aromatic carbocycles. The fraction of sp³-hybridized carbons (Fsp3) is 0.615. The van der Waals surface area contributed by atoms with Crippen molar-refractivity contribution in [3.8, 4) is 0 Å². The first-order chi connectivity index (χ1) is 15.2. The molecule has 2 aliphatic rings. The lowest BCUT2D eigenvalue weighted by Crippen LogP contribution is -2.29. The highest BCUT2D eigenvalue weighted by Gasteiger charge is 2.29. The number of hydrogen-bond donors (Lipinski definition) is 1. The largest absolute Gasteiger partial charge is 0.494 e. The van der Waals surface area contributed by atoms with Gasteiger partial charge in [0.1, 0.15) is 11.4 Å². The van der Waals surface area contributed by atoms with Crippen LogP contribution in [0.15, 0.2) is 23.6 Å². The molecule has 1 aromatic rings. The Morgan fingerprint density at radius 2 is 2.00 bits per heavy atom. The number of fused-ring (bicyclic) bond motifs is 1. The zero-order valence-corrected chi connectivity index (χ0v) is 20.3. The van der Waals surface area contributed by atoms with E-state index in [2.05, 4.69) is 18.3 Å². The molecule has 0 saturated carbocycles. The molecule has 32 heavy (non-hydrogen) atoms. The quantitative estimate of drug-likeness (QED) is 0.602. The van der Waals surface area contributed by atoms with Crippen molar-refractivity contribution >= 4 is 18.1 Å². The van der Waals surface area contributed by atoms with Crippen LogP contribution in [0.2, 0.25) is 0 Å². The van der Waals surface area contributed by atoms with Crippen LogP contribution < -0.4 is 5.32 Å². The average molecular weight is 443 g/mol. The number of nitrogens with one attached hydrogen (secondary N) is 1. The molecule has 1 aromatic heterocycles. The molecule has 1 unspecified atom stereocenters. The van der Waals surface area contributed by atoms with Crippen LogP contribution in [-0.4, -0.2) is 29.3 Å². The molecule has 1 atom stereocenters. The Balaban J connectivity index is 2.13. The summed E-state index contributed by atoms with van der Waals surface area (Å²) in [4.78, 5) is 25.3. The molecule has 0 fully saturated rings. The van der Waals surface area contributed by atoms with Gasteiger partial charge in [-0.2, -0.15) is 0 Å². The van der Waals surface area contributed by atoms with Gasteiger partial charge in [-0.05, 0) is 70.1 Å². The number of unbranched alkanes of at least 4 members (excludes halogenated alkanes) is 1. The van der Waals surface area contributed by atoms with Crippen LogP contribution in [0.1, 0.15) is 102 Å². The monoisotopic (exact) mass is 442 g/mol. The summed E-state index contributed by atoms with van der Waals surface area (Å²) in [5.74, 6) is 0.678. The van der Waals surface area contributed by atoms with Crippen molar-refractivity contribution in [1.29, 1.82) is 0 Å². The van der Waals surface area contributed by atoms with Crippen molar-refractivity contribution in [3.63, 3.8) is 0 Å². The summed E-state index contributed by atoms with van der Waals surface area (Å²) in [5.41, 5.74) is 3.01. The molecule has 1 amide bonds. The lowest BCUT2D eigenvalue weighted by Gasteiger charge is -2.22. The summed E-state index contributed by atoms with van der Waals surface area (Å²) in [7, 11) is 1.54. The van der Waals surface area contributed by atoms with Gasteiger partial charge in [0.25, 0.3) is 5.91 Å². The van der Waals surface area contributed by atoms with Crippen molar-refractivity contribution in [3.05, 3.63) is 40.5 Å². The molecule has 6 heteroatoms. The average Bonchev–Trinajstić information content (AvgIpc) is 3.26. The second-order valence-electron chi connectivity index (χ2n) is 9.84. The number of carbonyl (C=O) groups excluding carboxylic acids is 2. The van der Waals surface area contributed by atoms with Crippen LogP contribution >= 0.6 is 0 Å². The highest BCUT2D eigenvalue weighted by Crippen LogP contribution is 2.36. The summed E-state index contributed by atoms with van der Waals surface area (Å²) in [6, 6.07) is 2.13. The number of amides is 1. The zero-order chi connectivity index (χ0) is 23.3. The molecule has 1 N–H and O–H groups in total. The third-order valence-corrected chi connectivity index (χ3v) is 6.10. The summed E-state index contributed by atoms with van der Waals surface area (Å²) < 4.78 is 12.9. The minimum absolute atomic E-state index is 0.223. The number of carbonyl (C=O) groups is 2. The maximum Gasteiger partial charge on any atom is 0.419 e. The van der Waals surface area contributed by atoms with E-state index in [1.54, 1.807) is 4.57 Å². The summed E-state index contributed by atoms with van der Waals surface area (Å²) in [6.45, 7) is 7.87. The highest BCUT2D eigenvalue weighted by molar-refractivity contribution is 5.95. The van der Waals surface area contributed by atoms with Crippen LogP contribution in [-0.2, 0) is 20.7 Å². The highest BCUT2D eigenvalue weighted by atomic mass is 16.6. The van der Waals surface area contributed by atoms with Crippen molar-refractivity contribution < 1.29 is 19.1 Å². The molecule has 3 rings (SSSR count). The molecule has 0 bridgehead atoms. The molecule has 0 radical (unpaired) electrons. The topological polar surface area (TPSA) is 69.6 Å². The van der Waals surface area contributed by atoms with Gasteiger partial charge in [0, 0.05) is 11.8 Å². The Hall–Kier alpha value is -2.50. The van der Waals surface area contributed by atoms with Crippen molar-refractivity contribution in [1.82, 2.24) is 9.88 Å². The van der Waals surface area contributed by atoms with Gasteiger partial charge in [-0.15, -0.1) is 0 Å². The number of methoxy groups -OCH3 is 1. The number of aromatic nitrogens is 1. The third-order valence-electron chi connectivity index (χ3n) is 6.10. The SMILES string of the molecule is CCCCC1CCCCCCc2c1cc(/C=C1\NC(=O)C=C1OC)n2C(=O)OC(C)(C)C. The summed E-state index contributed by atoms with van der Waals surface area (Å²) in [5, 5.41) is 2.82. The molecule has 6 nitrogen and oxygen atoms in total. The predicted octanol–water partition coefficient (Wildman–Crippen LogP) is 6.05. The van der Waals surface area contributed by atoms with Gasteiger partial charge in [-0.1, -0.05) is 39.0 Å². The first kappa shape index (κ1) is 24.1. The van der Waals surface area contributed by atoms with Crippen LogP contribution in [0.5, 0.6) is 0 Å². The summed E-state index contributed by atoms with van der Waals surface area (Å²) in [6.07, 6.45) is 13.0. The Morgan fingerprint density at radius 3 is 2.69 bits per heavy atom. The van der Waals surface area contributed by atoms with E-state index in [4.69, 9.17) is 9.47 Å². The van der Waals surface area contributed by atoms with E-state index < -0.39 is 5.60 Å². The number of hydrogen-bond acceptors (Lipinski definition) is 4. The minimum Gasteiger partial charge on any atom is -0.494 e. The van der Waals surface area contributed by atoms with Crippen molar-refractivity contribution in [2.24, 2.45) is 0 Å². The standard InChI is InChI=1S/C26H38N2O4/c1-6-7-12-18-13-10-8-9-11-14-22-20(18)15-19(28(22)25(30)32-26(2,3)4)16-21-23(31-5)17-24(29)27-21/h15-18H,6-14H2,1-5H3,(H,27,29)/b21-16-. The zero-order valence-electron chi connectivity index (χ0n) is 20.3. The van der Waals surface area contributed by atoms with Crippen LogP contribution in [0.4, 0.5) is 4.79 Å². The third kappa shape index (κ3) is 5.84. The van der Waals surface area contributed by atoms with Crippen molar-refractivity contribution in [2.45, 2.75) is 97.0 Å². The molecular weight excluding hydrogens is 404 g/mol. The van der Waals surface area contributed by atoms with E-state index in [0.29, 0.717) is 17.4 Å². The molecule has 0 spiro atoms. The molecule has 176 valence electrons. The summed E-state index contributed by atoms with van der Waals surface area (Å²) >= 11 is 0. The fourth-order valence-electron chi connectivity index (χ4n) is 4.62. The Labute approximate surface area is 192 Å². The number of nitrogens with zero attached hydrogens (tertiary/aromatic N) is 1. The first-order valence-corrected chi connectivity index (χ1v) is 12.0. The normalized spacial score (nSPS) is 20.7. The maximum atomic E-state index is 13.4. The Bertz CT molecular complexity index is 902. The van der Waals surface area contributed by atoms with Gasteiger partial charge in [0.2, 0.25) is 0 Å². The van der Waals surface area contributed by atoms with E-state index >= 15 is 0 Å². The maximum absolute atomic E-state index is 13.4.